The summed E-state index contributed by atoms with van der Waals surface area (Å²) in [6.07, 6.45) is -22.7. The van der Waals surface area contributed by atoms with Gasteiger partial charge >= 0.3 is 83.5 Å². The van der Waals surface area contributed by atoms with Crippen LogP contribution in [-0.2, 0) is 19.1 Å². The van der Waals surface area contributed by atoms with Gasteiger partial charge in [-0.1, -0.05) is 13.2 Å². The number of carbonyl (C=O) groups excluding carboxylic acids is 2. The molecule has 0 fully saturated rings. The molecule has 0 heterocycles. The SMILES string of the molecule is C=C(C)C(=O)OCC(O)CC(F)(F)C(F)(F)C(F)(F)C(F)(F)F.C=C(C)C(=O)OCCC(F)(F)C(F)(F)C(F)(F)C(F)(F)C(F)(F)C(F)(F)C(F)(F)C(F)(F)F. The van der Waals surface area contributed by atoms with Crippen LogP contribution in [0.1, 0.15) is 26.7 Å². The van der Waals surface area contributed by atoms with E-state index in [4.69, 9.17) is 5.11 Å². The largest absolute Gasteiger partial charge is 0.462 e. The van der Waals surface area contributed by atoms with E-state index in [0.29, 0.717) is 0 Å². The predicted octanol–water partition coefficient (Wildman–Crippen LogP) is 9.83. The summed E-state index contributed by atoms with van der Waals surface area (Å²) in [6, 6.07) is 0. The van der Waals surface area contributed by atoms with Crippen molar-refractivity contribution in [2.24, 2.45) is 0 Å². The van der Waals surface area contributed by atoms with Gasteiger partial charge < -0.3 is 14.6 Å². The summed E-state index contributed by atoms with van der Waals surface area (Å²) in [5, 5.41) is 9.00. The number of carbonyl (C=O) groups is 2. The maximum Gasteiger partial charge on any atom is 0.460 e. The zero-order valence-corrected chi connectivity index (χ0v) is 26.7. The molecule has 0 radical (unpaired) electrons. The average Bonchev–Trinajstić information content (AvgIpc) is 2.97. The Morgan fingerprint density at radius 3 is 1.05 bits per heavy atom. The van der Waals surface area contributed by atoms with E-state index in [0.717, 1.165) is 13.8 Å². The van der Waals surface area contributed by atoms with Crippen LogP contribution in [0.2, 0.25) is 0 Å². The van der Waals surface area contributed by atoms with E-state index in [1.165, 1.54) is 0 Å². The maximum atomic E-state index is 13.5. The van der Waals surface area contributed by atoms with Crippen molar-refractivity contribution >= 4 is 11.9 Å². The Morgan fingerprint density at radius 2 is 0.732 bits per heavy atom. The molecule has 0 aromatic carbocycles. The quantitative estimate of drug-likeness (QED) is 0.0895. The lowest BCUT2D eigenvalue weighted by Crippen LogP contribution is -2.74. The number of aliphatic hydroxyl groups excluding tert-OH is 1. The van der Waals surface area contributed by atoms with Gasteiger partial charge in [0.15, 0.2) is 0 Å². The lowest BCUT2D eigenvalue weighted by Gasteiger charge is -2.42. The van der Waals surface area contributed by atoms with Crippen LogP contribution >= 0.6 is 0 Å². The summed E-state index contributed by atoms with van der Waals surface area (Å²) in [7, 11) is 0. The zero-order chi connectivity index (χ0) is 46.1. The van der Waals surface area contributed by atoms with Gasteiger partial charge in [0, 0.05) is 17.6 Å². The normalized spacial score (nSPS) is 15.4. The highest BCUT2D eigenvalue weighted by Crippen LogP contribution is 2.64. The fraction of sp³-hybridized carbons (Fsp3) is 0.760. The van der Waals surface area contributed by atoms with Crippen molar-refractivity contribution in [2.75, 3.05) is 13.2 Å². The van der Waals surface area contributed by atoms with Crippen LogP contribution in [0.25, 0.3) is 0 Å². The first kappa shape index (κ1) is 54.7. The minimum atomic E-state index is -8.67. The van der Waals surface area contributed by atoms with E-state index in [2.05, 4.69) is 22.6 Å². The van der Waals surface area contributed by atoms with Crippen LogP contribution in [0.5, 0.6) is 0 Å². The molecule has 1 unspecified atom stereocenters. The van der Waals surface area contributed by atoms with Crippen LogP contribution < -0.4 is 0 Å². The number of alkyl halides is 26. The number of esters is 2. The minimum Gasteiger partial charge on any atom is -0.462 e. The van der Waals surface area contributed by atoms with Gasteiger partial charge in [0.25, 0.3) is 0 Å². The monoisotopic (exact) mass is 894 g/mol. The Kier molecular flexibility index (Phi) is 16.0. The Labute approximate surface area is 293 Å². The third kappa shape index (κ3) is 9.98. The van der Waals surface area contributed by atoms with E-state index in [9.17, 15) is 124 Å². The van der Waals surface area contributed by atoms with E-state index >= 15 is 0 Å². The van der Waals surface area contributed by atoms with Gasteiger partial charge in [-0.25, -0.2) is 9.59 Å². The van der Waals surface area contributed by atoms with Crippen LogP contribution in [-0.4, -0.2) is 108 Å². The van der Waals surface area contributed by atoms with E-state index in [1.807, 2.05) is 0 Å². The van der Waals surface area contributed by atoms with Crippen molar-refractivity contribution in [1.29, 1.82) is 0 Å². The first-order chi connectivity index (χ1) is 24.0. The standard InChI is InChI=1S/C14H9F17O2.C11H11F9O3/c1-5(2)6(32)33-4-3-7(15,16)8(17,18)9(19,20)10(21,22)11(23,24)12(25,26)13(27,28)14(29,30)31;1-5(2)7(22)23-4-6(21)3-8(12,13)9(14,15)10(16,17)11(18,19)20/h1,3-4H2,2H3;6,21H,1,3-4H2,2H3. The molecule has 332 valence electrons. The number of aliphatic hydroxyl groups is 1. The lowest BCUT2D eigenvalue weighted by atomic mass is 9.88. The highest BCUT2D eigenvalue weighted by Gasteiger charge is 2.95. The topological polar surface area (TPSA) is 72.8 Å². The fourth-order valence-electron chi connectivity index (χ4n) is 2.93. The maximum absolute atomic E-state index is 13.5. The Morgan fingerprint density at radius 1 is 0.464 bits per heavy atom. The van der Waals surface area contributed by atoms with Gasteiger partial charge in [-0.15, -0.1) is 0 Å². The van der Waals surface area contributed by atoms with Crippen LogP contribution in [0.3, 0.4) is 0 Å². The van der Waals surface area contributed by atoms with Gasteiger partial charge in [-0.05, 0) is 13.8 Å². The second kappa shape index (κ2) is 16.4. The van der Waals surface area contributed by atoms with Crippen molar-refractivity contribution in [3.05, 3.63) is 24.3 Å². The molecular formula is C25H20F26O5. The number of halogens is 26. The summed E-state index contributed by atoms with van der Waals surface area (Å²) in [5.74, 6) is -79.4. The lowest BCUT2D eigenvalue weighted by molar-refractivity contribution is -0.461. The Hall–Kier alpha value is -3.44. The highest BCUT2D eigenvalue weighted by molar-refractivity contribution is 5.87. The summed E-state index contributed by atoms with van der Waals surface area (Å²) in [5.41, 5.74) is -0.840. The highest BCUT2D eigenvalue weighted by atomic mass is 19.4. The van der Waals surface area contributed by atoms with E-state index < -0.39 is 121 Å². The molecule has 56 heavy (non-hydrogen) atoms. The van der Waals surface area contributed by atoms with Gasteiger partial charge in [-0.3, -0.25) is 0 Å². The molecule has 1 atom stereocenters. The molecule has 31 heteroatoms. The number of ether oxygens (including phenoxy) is 2. The molecule has 0 aliphatic rings. The first-order valence-electron chi connectivity index (χ1n) is 13.3. The third-order valence-corrected chi connectivity index (χ3v) is 6.24. The summed E-state index contributed by atoms with van der Waals surface area (Å²) >= 11 is 0. The van der Waals surface area contributed by atoms with Crippen molar-refractivity contribution in [2.45, 2.75) is 104 Å². The second-order valence-corrected chi connectivity index (χ2v) is 10.9. The van der Waals surface area contributed by atoms with Crippen molar-refractivity contribution < 1.29 is 138 Å². The molecule has 0 aliphatic heterocycles. The second-order valence-electron chi connectivity index (χ2n) is 10.9. The Bertz CT molecular complexity index is 1410. The summed E-state index contributed by atoms with van der Waals surface area (Å²) < 4.78 is 342. The fourth-order valence-corrected chi connectivity index (χ4v) is 2.93. The van der Waals surface area contributed by atoms with Gasteiger partial charge in [0.1, 0.15) is 6.61 Å². The molecule has 1 N–H and O–H groups in total. The van der Waals surface area contributed by atoms with E-state index in [-0.39, 0.29) is 5.57 Å². The third-order valence-electron chi connectivity index (χ3n) is 6.24. The van der Waals surface area contributed by atoms with E-state index in [1.54, 1.807) is 0 Å². The molecule has 0 aliphatic carbocycles. The summed E-state index contributed by atoms with van der Waals surface area (Å²) in [4.78, 5) is 21.7. The number of hydrogen-bond donors (Lipinski definition) is 1. The smallest absolute Gasteiger partial charge is 0.460 e. The molecule has 0 amide bonds. The number of rotatable bonds is 17. The average molecular weight is 894 g/mol. The molecule has 0 spiro atoms. The molecule has 0 aromatic heterocycles. The molecule has 0 aromatic rings. The Balaban J connectivity index is 0. The predicted molar refractivity (Wildman–Crippen MR) is 128 cm³/mol. The summed E-state index contributed by atoms with van der Waals surface area (Å²) in [6.45, 7) is 4.56. The molecule has 0 saturated heterocycles. The first-order valence-corrected chi connectivity index (χ1v) is 13.3. The molecule has 0 saturated carbocycles. The number of hydrogen-bond acceptors (Lipinski definition) is 5. The molecular weight excluding hydrogens is 874 g/mol. The van der Waals surface area contributed by atoms with Crippen molar-refractivity contribution in [3.63, 3.8) is 0 Å². The van der Waals surface area contributed by atoms with Gasteiger partial charge in [0.05, 0.1) is 19.1 Å². The van der Waals surface area contributed by atoms with Crippen LogP contribution in [0, 0.1) is 0 Å². The van der Waals surface area contributed by atoms with Crippen molar-refractivity contribution in [3.8, 4) is 0 Å². The van der Waals surface area contributed by atoms with Gasteiger partial charge in [0.2, 0.25) is 0 Å². The molecule has 5 nitrogen and oxygen atoms in total. The zero-order valence-electron chi connectivity index (χ0n) is 26.7. The van der Waals surface area contributed by atoms with Crippen molar-refractivity contribution in [1.82, 2.24) is 0 Å². The molecule has 0 rings (SSSR count). The molecule has 0 bridgehead atoms. The van der Waals surface area contributed by atoms with Crippen LogP contribution in [0.4, 0.5) is 114 Å². The van der Waals surface area contributed by atoms with Crippen LogP contribution in [0.15, 0.2) is 24.3 Å². The minimum absolute atomic E-state index is 0.252. The van der Waals surface area contributed by atoms with Gasteiger partial charge in [-0.2, -0.15) is 114 Å².